The maximum absolute atomic E-state index is 13.6. The van der Waals surface area contributed by atoms with Gasteiger partial charge in [-0.05, 0) is 42.0 Å². The van der Waals surface area contributed by atoms with Crippen molar-refractivity contribution in [3.05, 3.63) is 80.5 Å². The minimum atomic E-state index is -4.49. The van der Waals surface area contributed by atoms with Gasteiger partial charge in [-0.2, -0.15) is 18.3 Å². The third kappa shape index (κ3) is 4.85. The van der Waals surface area contributed by atoms with Crippen LogP contribution in [0.5, 0.6) is 0 Å². The van der Waals surface area contributed by atoms with Crippen molar-refractivity contribution in [3.63, 3.8) is 0 Å². The summed E-state index contributed by atoms with van der Waals surface area (Å²) in [5, 5.41) is 24.5. The fraction of sp³-hybridized carbons (Fsp3) is 0.333. The number of aromatic nitrogens is 8. The molecular formula is C27H26F3N9O3. The normalized spacial score (nSPS) is 14.5. The second-order valence-corrected chi connectivity index (χ2v) is 11.1. The van der Waals surface area contributed by atoms with E-state index in [0.29, 0.717) is 15.8 Å². The Hall–Kier alpha value is -4.79. The Balaban J connectivity index is 1.40. The number of aryl methyl sites for hydroxylation is 1. The van der Waals surface area contributed by atoms with Crippen molar-refractivity contribution in [2.75, 3.05) is 5.32 Å². The largest absolute Gasteiger partial charge is 0.408 e. The average Bonchev–Trinajstić information content (AvgIpc) is 3.57. The number of halogens is 3. The summed E-state index contributed by atoms with van der Waals surface area (Å²) in [5.74, 6) is 0.123. The molecule has 0 bridgehead atoms. The lowest BCUT2D eigenvalue weighted by atomic mass is 9.90. The number of aliphatic hydroxyl groups is 1. The second-order valence-electron chi connectivity index (χ2n) is 11.1. The maximum Gasteiger partial charge on any atom is 0.408 e. The van der Waals surface area contributed by atoms with E-state index in [0.717, 1.165) is 35.0 Å². The van der Waals surface area contributed by atoms with E-state index >= 15 is 0 Å². The number of nitrogens with one attached hydrogen (secondary N) is 1. The Labute approximate surface area is 235 Å². The number of alkyl halides is 3. The van der Waals surface area contributed by atoms with Crippen molar-refractivity contribution >= 4 is 17.0 Å². The summed E-state index contributed by atoms with van der Waals surface area (Å²) in [6.07, 6.45) is 3.13. The molecule has 0 saturated carbocycles. The van der Waals surface area contributed by atoms with Crippen molar-refractivity contribution in [2.24, 2.45) is 12.5 Å². The monoisotopic (exact) mass is 581 g/mol. The Morgan fingerprint density at radius 3 is 2.64 bits per heavy atom. The molecule has 0 spiro atoms. The van der Waals surface area contributed by atoms with Gasteiger partial charge in [-0.1, -0.05) is 19.1 Å². The van der Waals surface area contributed by atoms with Gasteiger partial charge in [-0.3, -0.25) is 14.2 Å². The molecule has 0 aliphatic heterocycles. The first-order valence-corrected chi connectivity index (χ1v) is 13.0. The first-order valence-electron chi connectivity index (χ1n) is 13.0. The highest BCUT2D eigenvalue weighted by Crippen LogP contribution is 2.37. The van der Waals surface area contributed by atoms with Gasteiger partial charge in [0.15, 0.2) is 5.82 Å². The molecule has 5 aromatic rings. The van der Waals surface area contributed by atoms with E-state index in [1.165, 1.54) is 23.9 Å². The van der Waals surface area contributed by atoms with E-state index in [4.69, 9.17) is 0 Å². The van der Waals surface area contributed by atoms with Gasteiger partial charge in [-0.15, -0.1) is 5.10 Å². The average molecular weight is 582 g/mol. The van der Waals surface area contributed by atoms with E-state index in [1.807, 2.05) is 16.7 Å². The summed E-state index contributed by atoms with van der Waals surface area (Å²) in [7, 11) is 1.41. The molecule has 1 aliphatic carbocycles. The summed E-state index contributed by atoms with van der Waals surface area (Å²) in [4.78, 5) is 30.8. The van der Waals surface area contributed by atoms with Gasteiger partial charge in [0.1, 0.15) is 23.6 Å². The highest BCUT2D eigenvalue weighted by molar-refractivity contribution is 5.70. The fourth-order valence-corrected chi connectivity index (χ4v) is 5.50. The minimum Gasteiger partial charge on any atom is -0.392 e. The van der Waals surface area contributed by atoms with Gasteiger partial charge in [0, 0.05) is 42.5 Å². The topological polar surface area (TPSA) is 137 Å². The van der Waals surface area contributed by atoms with Crippen LogP contribution in [-0.2, 0) is 33.0 Å². The van der Waals surface area contributed by atoms with Crippen molar-refractivity contribution in [2.45, 2.75) is 46.0 Å². The summed E-state index contributed by atoms with van der Waals surface area (Å²) in [6.45, 7) is 2.54. The molecule has 0 amide bonds. The van der Waals surface area contributed by atoms with Crippen LogP contribution in [0, 0.1) is 5.41 Å². The Bertz CT molecular complexity index is 1970. The standard InChI is InChI=1S/C27H26F3N9O3/c1-26(2)10-15-8-20-25(42)39(7-6-38(20)21(15)11-26)23-17(13-40)16(4-5-31-23)18-9-19(24(41)36(3)34-18)32-22-12-37(35-33-22)14-27(28,29)30/h4-9,12,32,40H,10-11,13-14H2,1-3H3. The van der Waals surface area contributed by atoms with Crippen LogP contribution in [0.3, 0.4) is 0 Å². The van der Waals surface area contributed by atoms with Crippen molar-refractivity contribution < 1.29 is 18.3 Å². The van der Waals surface area contributed by atoms with Crippen molar-refractivity contribution in [3.8, 4) is 17.1 Å². The van der Waals surface area contributed by atoms with Crippen LogP contribution in [0.4, 0.5) is 24.7 Å². The lowest BCUT2D eigenvalue weighted by Crippen LogP contribution is -2.24. The first kappa shape index (κ1) is 27.4. The number of rotatable bonds is 6. The molecule has 5 aromatic heterocycles. The lowest BCUT2D eigenvalue weighted by molar-refractivity contribution is -0.142. The van der Waals surface area contributed by atoms with Gasteiger partial charge < -0.3 is 14.8 Å². The summed E-state index contributed by atoms with van der Waals surface area (Å²) < 4.78 is 43.0. The molecule has 218 valence electrons. The highest BCUT2D eigenvalue weighted by Gasteiger charge is 2.32. The number of anilines is 2. The molecule has 0 unspecified atom stereocenters. The van der Waals surface area contributed by atoms with E-state index in [1.54, 1.807) is 12.3 Å². The third-order valence-electron chi connectivity index (χ3n) is 7.25. The zero-order chi connectivity index (χ0) is 30.0. The smallest absolute Gasteiger partial charge is 0.392 e. The van der Waals surface area contributed by atoms with Gasteiger partial charge in [0.25, 0.3) is 11.1 Å². The molecule has 2 N–H and O–H groups in total. The van der Waals surface area contributed by atoms with Crippen molar-refractivity contribution in [1.29, 1.82) is 0 Å². The van der Waals surface area contributed by atoms with Crippen LogP contribution in [0.25, 0.3) is 22.6 Å². The molecule has 42 heavy (non-hydrogen) atoms. The van der Waals surface area contributed by atoms with E-state index in [-0.39, 0.29) is 39.6 Å². The Morgan fingerprint density at radius 2 is 1.90 bits per heavy atom. The summed E-state index contributed by atoms with van der Waals surface area (Å²) >= 11 is 0. The van der Waals surface area contributed by atoms with Crippen molar-refractivity contribution in [1.82, 2.24) is 38.7 Å². The molecule has 15 heteroatoms. The predicted octanol–water partition coefficient (Wildman–Crippen LogP) is 2.76. The minimum absolute atomic E-state index is 0.0342. The number of fused-ring (bicyclic) bond motifs is 3. The molecule has 0 atom stereocenters. The molecule has 0 saturated heterocycles. The summed E-state index contributed by atoms with van der Waals surface area (Å²) in [6, 6.07) is 4.88. The molecule has 12 nitrogen and oxygen atoms in total. The van der Waals surface area contributed by atoms with Crippen LogP contribution in [-0.4, -0.2) is 50.0 Å². The van der Waals surface area contributed by atoms with Crippen LogP contribution >= 0.6 is 0 Å². The lowest BCUT2D eigenvalue weighted by Gasteiger charge is -2.17. The SMILES string of the molecule is Cn1nc(-c2ccnc(-n3ccn4c5c(cc4c3=O)CC(C)(C)C5)c2CO)cc(Nc2cn(CC(F)(F)F)nn2)c1=O. The maximum atomic E-state index is 13.6. The Morgan fingerprint density at radius 1 is 1.12 bits per heavy atom. The zero-order valence-electron chi connectivity index (χ0n) is 22.8. The van der Waals surface area contributed by atoms with Gasteiger partial charge in [0.05, 0.1) is 18.5 Å². The molecule has 0 aromatic carbocycles. The van der Waals surface area contributed by atoms with E-state index in [9.17, 15) is 27.9 Å². The van der Waals surface area contributed by atoms with Gasteiger partial charge in [-0.25, -0.2) is 14.3 Å². The second kappa shape index (κ2) is 9.65. The Kier molecular flexibility index (Phi) is 6.29. The third-order valence-corrected chi connectivity index (χ3v) is 7.25. The molecule has 0 fully saturated rings. The van der Waals surface area contributed by atoms with E-state index < -0.39 is 24.9 Å². The predicted molar refractivity (Wildman–Crippen MR) is 146 cm³/mol. The number of hydrogen-bond donors (Lipinski definition) is 2. The molecule has 0 radical (unpaired) electrons. The van der Waals surface area contributed by atoms with Crippen LogP contribution in [0.1, 0.15) is 30.7 Å². The molecule has 6 rings (SSSR count). The van der Waals surface area contributed by atoms with Crippen LogP contribution < -0.4 is 16.4 Å². The molecular weight excluding hydrogens is 555 g/mol. The highest BCUT2D eigenvalue weighted by atomic mass is 19.4. The van der Waals surface area contributed by atoms with Gasteiger partial charge >= 0.3 is 6.18 Å². The molecule has 5 heterocycles. The number of hydrogen-bond acceptors (Lipinski definition) is 8. The number of nitrogens with zero attached hydrogens (tertiary/aromatic N) is 8. The van der Waals surface area contributed by atoms with Crippen LogP contribution in [0.15, 0.2) is 52.6 Å². The van der Waals surface area contributed by atoms with E-state index in [2.05, 4.69) is 39.6 Å². The quantitative estimate of drug-likeness (QED) is 0.312. The first-order chi connectivity index (χ1) is 19.8. The summed E-state index contributed by atoms with van der Waals surface area (Å²) in [5.41, 5.74) is 2.88. The number of aliphatic hydroxyl groups excluding tert-OH is 1. The zero-order valence-corrected chi connectivity index (χ0v) is 22.8. The fourth-order valence-electron chi connectivity index (χ4n) is 5.50. The van der Waals surface area contributed by atoms with Crippen LogP contribution in [0.2, 0.25) is 0 Å². The van der Waals surface area contributed by atoms with Gasteiger partial charge in [0.2, 0.25) is 0 Å². The molecule has 1 aliphatic rings. The number of pyridine rings is 1.